The second-order valence-electron chi connectivity index (χ2n) is 6.34. The first-order valence-corrected chi connectivity index (χ1v) is 8.12. The van der Waals surface area contributed by atoms with Gasteiger partial charge < -0.3 is 9.80 Å². The van der Waals surface area contributed by atoms with Crippen LogP contribution in [0.15, 0.2) is 42.5 Å². The van der Waals surface area contributed by atoms with Gasteiger partial charge in [-0.05, 0) is 53.9 Å². The Kier molecular flexibility index (Phi) is 4.72. The Bertz CT molecular complexity index is 800. The lowest BCUT2D eigenvalue weighted by Gasteiger charge is -2.29. The van der Waals surface area contributed by atoms with Crippen LogP contribution in [0.1, 0.15) is 31.8 Å². The van der Waals surface area contributed by atoms with E-state index in [1.165, 1.54) is 0 Å². The minimum Gasteiger partial charge on any atom is -0.378 e. The summed E-state index contributed by atoms with van der Waals surface area (Å²) in [6.07, 6.45) is 0.748. The lowest BCUT2D eigenvalue weighted by molar-refractivity contribution is 0.0706. The lowest BCUT2D eigenvalue weighted by Crippen LogP contribution is -2.36. The SMILES string of the molecule is CN(C)c1ccc(C(=O)N2CCc3ccc(C(=O)NO)cc3C2)cc1. The molecule has 0 atom stereocenters. The van der Waals surface area contributed by atoms with E-state index in [1.807, 2.05) is 49.3 Å². The lowest BCUT2D eigenvalue weighted by atomic mass is 9.96. The van der Waals surface area contributed by atoms with Gasteiger partial charge >= 0.3 is 0 Å². The van der Waals surface area contributed by atoms with E-state index in [0.717, 1.165) is 23.2 Å². The van der Waals surface area contributed by atoms with E-state index >= 15 is 0 Å². The van der Waals surface area contributed by atoms with Gasteiger partial charge in [0.05, 0.1) is 0 Å². The Balaban J connectivity index is 1.79. The quantitative estimate of drug-likeness (QED) is 0.663. The van der Waals surface area contributed by atoms with Crippen LogP contribution in [0.5, 0.6) is 0 Å². The number of fused-ring (bicyclic) bond motifs is 1. The van der Waals surface area contributed by atoms with E-state index in [-0.39, 0.29) is 5.91 Å². The molecule has 1 heterocycles. The fraction of sp³-hybridized carbons (Fsp3) is 0.263. The van der Waals surface area contributed by atoms with Crippen molar-refractivity contribution in [3.8, 4) is 0 Å². The van der Waals surface area contributed by atoms with Gasteiger partial charge in [-0.3, -0.25) is 14.8 Å². The molecule has 6 heteroatoms. The van der Waals surface area contributed by atoms with Gasteiger partial charge in [-0.2, -0.15) is 0 Å². The molecule has 0 radical (unpaired) electrons. The molecule has 0 spiro atoms. The van der Waals surface area contributed by atoms with E-state index in [2.05, 4.69) is 0 Å². The van der Waals surface area contributed by atoms with Gasteiger partial charge in [-0.15, -0.1) is 0 Å². The first kappa shape index (κ1) is 17.0. The predicted octanol–water partition coefficient (Wildman–Crippen LogP) is 2.07. The van der Waals surface area contributed by atoms with E-state index in [1.54, 1.807) is 22.5 Å². The number of carbonyl (C=O) groups excluding carboxylic acids is 2. The van der Waals surface area contributed by atoms with Crippen LogP contribution in [-0.4, -0.2) is 42.6 Å². The highest BCUT2D eigenvalue weighted by molar-refractivity contribution is 5.95. The average Bonchev–Trinajstić information content (AvgIpc) is 2.65. The highest BCUT2D eigenvalue weighted by atomic mass is 16.5. The van der Waals surface area contributed by atoms with Crippen LogP contribution in [0.2, 0.25) is 0 Å². The van der Waals surface area contributed by atoms with Crippen molar-refractivity contribution in [2.75, 3.05) is 25.5 Å². The normalized spacial score (nSPS) is 13.2. The maximum atomic E-state index is 12.8. The smallest absolute Gasteiger partial charge is 0.274 e. The van der Waals surface area contributed by atoms with E-state index in [4.69, 9.17) is 5.21 Å². The third-order valence-electron chi connectivity index (χ3n) is 4.50. The van der Waals surface area contributed by atoms with Crippen LogP contribution in [0.4, 0.5) is 5.69 Å². The Hall–Kier alpha value is -2.86. The summed E-state index contributed by atoms with van der Waals surface area (Å²) in [5.74, 6) is -0.571. The van der Waals surface area contributed by atoms with Crippen molar-refractivity contribution in [2.24, 2.45) is 0 Å². The van der Waals surface area contributed by atoms with Crippen LogP contribution in [-0.2, 0) is 13.0 Å². The molecular weight excluding hydrogens is 318 g/mol. The van der Waals surface area contributed by atoms with Gasteiger partial charge in [0.1, 0.15) is 0 Å². The molecule has 6 nitrogen and oxygen atoms in total. The van der Waals surface area contributed by atoms with Crippen molar-refractivity contribution >= 4 is 17.5 Å². The van der Waals surface area contributed by atoms with Crippen LogP contribution < -0.4 is 10.4 Å². The number of amides is 2. The van der Waals surface area contributed by atoms with Crippen LogP contribution in [0.25, 0.3) is 0 Å². The summed E-state index contributed by atoms with van der Waals surface area (Å²) in [7, 11) is 3.91. The van der Waals surface area contributed by atoms with Gasteiger partial charge in [-0.25, -0.2) is 5.48 Å². The molecule has 130 valence electrons. The Morgan fingerprint density at radius 3 is 2.36 bits per heavy atom. The van der Waals surface area contributed by atoms with Crippen molar-refractivity contribution in [1.82, 2.24) is 10.4 Å². The first-order chi connectivity index (χ1) is 12.0. The monoisotopic (exact) mass is 339 g/mol. The molecule has 25 heavy (non-hydrogen) atoms. The number of hydrogen-bond donors (Lipinski definition) is 2. The van der Waals surface area contributed by atoms with Crippen molar-refractivity contribution in [2.45, 2.75) is 13.0 Å². The number of carbonyl (C=O) groups is 2. The molecular formula is C19H21N3O3. The summed E-state index contributed by atoms with van der Waals surface area (Å²) in [5.41, 5.74) is 5.77. The molecule has 0 saturated carbocycles. The molecule has 3 rings (SSSR count). The third-order valence-corrected chi connectivity index (χ3v) is 4.50. The number of hydrogen-bond acceptors (Lipinski definition) is 4. The first-order valence-electron chi connectivity index (χ1n) is 8.12. The zero-order valence-electron chi connectivity index (χ0n) is 14.3. The number of nitrogens with one attached hydrogen (secondary N) is 1. The molecule has 1 aliphatic heterocycles. The van der Waals surface area contributed by atoms with E-state index in [9.17, 15) is 9.59 Å². The third kappa shape index (κ3) is 3.49. The van der Waals surface area contributed by atoms with Gasteiger partial charge in [0.15, 0.2) is 0 Å². The molecule has 0 aliphatic carbocycles. The molecule has 2 aromatic carbocycles. The Morgan fingerprint density at radius 2 is 1.72 bits per heavy atom. The summed E-state index contributed by atoms with van der Waals surface area (Å²) in [5, 5.41) is 8.78. The molecule has 0 unspecified atom stereocenters. The van der Waals surface area contributed by atoms with Crippen molar-refractivity contribution < 1.29 is 14.8 Å². The Morgan fingerprint density at radius 1 is 1.04 bits per heavy atom. The van der Waals surface area contributed by atoms with Crippen LogP contribution in [0, 0.1) is 0 Å². The van der Waals surface area contributed by atoms with E-state index < -0.39 is 5.91 Å². The molecule has 1 aliphatic rings. The molecule has 2 amide bonds. The second-order valence-corrected chi connectivity index (χ2v) is 6.34. The highest BCUT2D eigenvalue weighted by Crippen LogP contribution is 2.23. The van der Waals surface area contributed by atoms with Crippen molar-refractivity contribution in [3.05, 3.63) is 64.7 Å². The van der Waals surface area contributed by atoms with Crippen molar-refractivity contribution in [1.29, 1.82) is 0 Å². The fourth-order valence-corrected chi connectivity index (χ4v) is 3.02. The highest BCUT2D eigenvalue weighted by Gasteiger charge is 2.22. The topological polar surface area (TPSA) is 72.9 Å². The van der Waals surface area contributed by atoms with Gasteiger partial charge in [-0.1, -0.05) is 6.07 Å². The fourth-order valence-electron chi connectivity index (χ4n) is 3.02. The summed E-state index contributed by atoms with van der Waals surface area (Å²) < 4.78 is 0. The second kappa shape index (κ2) is 6.94. The van der Waals surface area contributed by atoms with Gasteiger partial charge in [0.25, 0.3) is 11.8 Å². The summed E-state index contributed by atoms with van der Waals surface area (Å²) >= 11 is 0. The van der Waals surface area contributed by atoms with Crippen LogP contribution >= 0.6 is 0 Å². The Labute approximate surface area is 146 Å². The number of anilines is 1. The molecule has 0 bridgehead atoms. The number of nitrogens with zero attached hydrogens (tertiary/aromatic N) is 2. The van der Waals surface area contributed by atoms with Gasteiger partial charge in [0.2, 0.25) is 0 Å². The number of rotatable bonds is 3. The zero-order valence-corrected chi connectivity index (χ0v) is 14.3. The zero-order chi connectivity index (χ0) is 18.0. The molecule has 0 fully saturated rings. The molecule has 0 saturated heterocycles. The maximum absolute atomic E-state index is 12.8. The van der Waals surface area contributed by atoms with E-state index in [0.29, 0.717) is 24.2 Å². The number of hydroxylamine groups is 1. The van der Waals surface area contributed by atoms with Crippen molar-refractivity contribution in [3.63, 3.8) is 0 Å². The maximum Gasteiger partial charge on any atom is 0.274 e. The predicted molar refractivity (Wildman–Crippen MR) is 94.9 cm³/mol. The summed E-state index contributed by atoms with van der Waals surface area (Å²) in [4.78, 5) is 28.1. The molecule has 2 N–H and O–H groups in total. The summed E-state index contributed by atoms with van der Waals surface area (Å²) in [6.45, 7) is 1.10. The standard InChI is InChI=1S/C19H21N3O3/c1-21(2)17-7-5-14(6-8-17)19(24)22-10-9-13-3-4-15(18(23)20-25)11-16(13)12-22/h3-8,11,25H,9-10,12H2,1-2H3,(H,20,23). The van der Waals surface area contributed by atoms with Gasteiger partial charge in [0, 0.05) is 44.0 Å². The average molecular weight is 339 g/mol. The summed E-state index contributed by atoms with van der Waals surface area (Å²) in [6, 6.07) is 12.8. The minimum atomic E-state index is -0.550. The number of benzene rings is 2. The molecule has 2 aromatic rings. The van der Waals surface area contributed by atoms with Crippen LogP contribution in [0.3, 0.4) is 0 Å². The largest absolute Gasteiger partial charge is 0.378 e. The molecule has 0 aromatic heterocycles. The minimum absolute atomic E-state index is 0.0204.